The first-order chi connectivity index (χ1) is 15.6. The van der Waals surface area contributed by atoms with Crippen LogP contribution in [0.4, 0.5) is 4.79 Å². The largest absolute Gasteiger partial charge is 0.508 e. The van der Waals surface area contributed by atoms with Crippen molar-refractivity contribution in [1.82, 2.24) is 15.5 Å². The number of hydrogen-bond donors (Lipinski definition) is 4. The van der Waals surface area contributed by atoms with Gasteiger partial charge in [-0.05, 0) is 57.7 Å². The van der Waals surface area contributed by atoms with Gasteiger partial charge in [0.15, 0.2) is 0 Å². The Kier molecular flexibility index (Phi) is 9.88. The molecule has 9 heteroatoms. The summed E-state index contributed by atoms with van der Waals surface area (Å²) >= 11 is 4.27. The van der Waals surface area contributed by atoms with Crippen LogP contribution in [-0.2, 0) is 14.3 Å². The van der Waals surface area contributed by atoms with Gasteiger partial charge in [0.2, 0.25) is 11.8 Å². The zero-order valence-corrected chi connectivity index (χ0v) is 20.9. The molecule has 3 N–H and O–H groups in total. The number of carbonyl (C=O) groups excluding carboxylic acids is 3. The molecule has 0 heterocycles. The Morgan fingerprint density at radius 2 is 1.94 bits per heavy atom. The van der Waals surface area contributed by atoms with Crippen molar-refractivity contribution in [2.24, 2.45) is 0 Å². The molecule has 0 aliphatic heterocycles. The van der Waals surface area contributed by atoms with Gasteiger partial charge in [-0.25, -0.2) is 4.79 Å². The number of rotatable bonds is 11. The normalized spacial score (nSPS) is 15.3. The average molecular weight is 480 g/mol. The molecular formula is C24H37N3O5S. The zero-order chi connectivity index (χ0) is 24.6. The van der Waals surface area contributed by atoms with Crippen LogP contribution in [0.2, 0.25) is 0 Å². The summed E-state index contributed by atoms with van der Waals surface area (Å²) in [6, 6.07) is 4.36. The number of carbonyl (C=O) groups is 3. The Morgan fingerprint density at radius 1 is 1.24 bits per heavy atom. The van der Waals surface area contributed by atoms with E-state index in [1.165, 1.54) is 17.0 Å². The summed E-state index contributed by atoms with van der Waals surface area (Å²) in [7, 11) is 0. The summed E-state index contributed by atoms with van der Waals surface area (Å²) in [5.74, 6) is -0.661. The van der Waals surface area contributed by atoms with Crippen LogP contribution in [0.3, 0.4) is 0 Å². The molecule has 1 aromatic rings. The maximum absolute atomic E-state index is 13.6. The smallest absolute Gasteiger partial charge is 0.408 e. The van der Waals surface area contributed by atoms with E-state index in [1.807, 2.05) is 0 Å². The number of phenolic OH excluding ortho intramolecular Hbond substituents is 1. The summed E-state index contributed by atoms with van der Waals surface area (Å²) in [5.41, 5.74) is -0.203. The van der Waals surface area contributed by atoms with Gasteiger partial charge in [-0.1, -0.05) is 31.9 Å². The minimum atomic E-state index is -0.962. The minimum absolute atomic E-state index is 0.0112. The SMILES string of the molecule is CCCCCNC(=O)C(c1cccc(O)c1)N(C(=O)C(CS)NC(=O)OC(C)(C)C)C1CC1. The molecule has 8 nitrogen and oxygen atoms in total. The molecule has 0 aromatic heterocycles. The summed E-state index contributed by atoms with van der Waals surface area (Å²) in [6.07, 6.45) is 3.66. The number of nitrogens with one attached hydrogen (secondary N) is 2. The van der Waals surface area contributed by atoms with Crippen LogP contribution < -0.4 is 10.6 Å². The maximum Gasteiger partial charge on any atom is 0.408 e. The molecule has 0 radical (unpaired) electrons. The predicted molar refractivity (Wildman–Crippen MR) is 130 cm³/mol. The summed E-state index contributed by atoms with van der Waals surface area (Å²) < 4.78 is 5.29. The monoisotopic (exact) mass is 479 g/mol. The van der Waals surface area contributed by atoms with Gasteiger partial charge in [0.05, 0.1) is 0 Å². The van der Waals surface area contributed by atoms with Gasteiger partial charge >= 0.3 is 6.09 Å². The Labute approximate surface area is 201 Å². The van der Waals surface area contributed by atoms with E-state index >= 15 is 0 Å². The second-order valence-corrected chi connectivity index (χ2v) is 9.72. The molecule has 0 bridgehead atoms. The molecule has 2 unspecified atom stereocenters. The third kappa shape index (κ3) is 8.46. The number of aromatic hydroxyl groups is 1. The van der Waals surface area contributed by atoms with Gasteiger partial charge < -0.3 is 25.4 Å². The number of amides is 3. The zero-order valence-electron chi connectivity index (χ0n) is 20.0. The Balaban J connectivity index is 2.30. The Hall–Kier alpha value is -2.42. The minimum Gasteiger partial charge on any atom is -0.508 e. The molecule has 1 saturated carbocycles. The molecule has 3 amide bonds. The standard InChI is InChI=1S/C24H37N3O5S/c1-5-6-7-13-25-21(29)20(16-9-8-10-18(28)14-16)27(17-11-12-17)22(30)19(15-33)26-23(31)32-24(2,3)4/h8-10,14,17,19-20,28,33H,5-7,11-13,15H2,1-4H3,(H,25,29)(H,26,31). The fourth-order valence-corrected chi connectivity index (χ4v) is 3.75. The van der Waals surface area contributed by atoms with Crippen molar-refractivity contribution in [3.8, 4) is 5.75 Å². The summed E-state index contributed by atoms with van der Waals surface area (Å²) in [5, 5.41) is 15.6. The van der Waals surface area contributed by atoms with Crippen LogP contribution in [0, 0.1) is 0 Å². The number of benzene rings is 1. The third-order valence-corrected chi connectivity index (χ3v) is 5.52. The Morgan fingerprint density at radius 3 is 2.48 bits per heavy atom. The van der Waals surface area contributed by atoms with Gasteiger partial charge in [-0.3, -0.25) is 9.59 Å². The molecule has 0 saturated heterocycles. The molecule has 2 rings (SSSR count). The lowest BCUT2D eigenvalue weighted by Gasteiger charge is -2.34. The Bertz CT molecular complexity index is 823. The topological polar surface area (TPSA) is 108 Å². The second-order valence-electron chi connectivity index (χ2n) is 9.35. The van der Waals surface area contributed by atoms with E-state index in [0.29, 0.717) is 12.1 Å². The molecule has 0 spiro atoms. The van der Waals surface area contributed by atoms with Gasteiger partial charge in [0.25, 0.3) is 0 Å². The molecule has 2 atom stereocenters. The van der Waals surface area contributed by atoms with Crippen LogP contribution >= 0.6 is 12.6 Å². The molecule has 1 fully saturated rings. The quantitative estimate of drug-likeness (QED) is 0.287. The number of alkyl carbamates (subject to hydrolysis) is 1. The van der Waals surface area contributed by atoms with E-state index in [4.69, 9.17) is 4.74 Å². The fourth-order valence-electron chi connectivity index (χ4n) is 3.50. The highest BCUT2D eigenvalue weighted by Gasteiger charge is 2.43. The van der Waals surface area contributed by atoms with E-state index in [9.17, 15) is 19.5 Å². The van der Waals surface area contributed by atoms with Crippen LogP contribution in [0.25, 0.3) is 0 Å². The first-order valence-electron chi connectivity index (χ1n) is 11.6. The maximum atomic E-state index is 13.6. The number of ether oxygens (including phenoxy) is 1. The first kappa shape index (κ1) is 26.8. The lowest BCUT2D eigenvalue weighted by atomic mass is 10.0. The van der Waals surface area contributed by atoms with Crippen molar-refractivity contribution in [1.29, 1.82) is 0 Å². The van der Waals surface area contributed by atoms with Gasteiger partial charge in [-0.15, -0.1) is 0 Å². The van der Waals surface area contributed by atoms with Crippen LogP contribution in [0.5, 0.6) is 5.75 Å². The highest BCUT2D eigenvalue weighted by Crippen LogP contribution is 2.36. The number of hydrogen-bond acceptors (Lipinski definition) is 6. The van der Waals surface area contributed by atoms with Gasteiger partial charge in [0, 0.05) is 18.3 Å². The molecule has 184 valence electrons. The molecule has 1 aliphatic carbocycles. The predicted octanol–water partition coefficient (Wildman–Crippen LogP) is 3.55. The lowest BCUT2D eigenvalue weighted by molar-refractivity contribution is -0.142. The van der Waals surface area contributed by atoms with Crippen molar-refractivity contribution in [2.45, 2.75) is 83.5 Å². The number of phenols is 1. The second kappa shape index (κ2) is 12.2. The average Bonchev–Trinajstić information content (AvgIpc) is 3.56. The van der Waals surface area contributed by atoms with Crippen LogP contribution in [0.1, 0.15) is 71.4 Å². The van der Waals surface area contributed by atoms with Crippen molar-refractivity contribution in [3.63, 3.8) is 0 Å². The van der Waals surface area contributed by atoms with E-state index in [1.54, 1.807) is 32.9 Å². The third-order valence-electron chi connectivity index (χ3n) is 5.16. The van der Waals surface area contributed by atoms with Crippen molar-refractivity contribution in [3.05, 3.63) is 29.8 Å². The summed E-state index contributed by atoms with van der Waals surface area (Å²) in [6.45, 7) is 7.80. The van der Waals surface area contributed by atoms with Gasteiger partial charge in [0.1, 0.15) is 23.4 Å². The highest BCUT2D eigenvalue weighted by atomic mass is 32.1. The molecular weight excluding hydrogens is 442 g/mol. The highest BCUT2D eigenvalue weighted by molar-refractivity contribution is 7.80. The van der Waals surface area contributed by atoms with Crippen LogP contribution in [-0.4, -0.2) is 57.9 Å². The van der Waals surface area contributed by atoms with E-state index in [-0.39, 0.29) is 23.5 Å². The fraction of sp³-hybridized carbons (Fsp3) is 0.625. The molecule has 1 aliphatic rings. The van der Waals surface area contributed by atoms with Crippen molar-refractivity contribution >= 4 is 30.5 Å². The van der Waals surface area contributed by atoms with E-state index < -0.39 is 29.7 Å². The molecule has 1 aromatic carbocycles. The first-order valence-corrected chi connectivity index (χ1v) is 12.2. The molecule has 33 heavy (non-hydrogen) atoms. The van der Waals surface area contributed by atoms with E-state index in [0.717, 1.165) is 32.1 Å². The lowest BCUT2D eigenvalue weighted by Crippen LogP contribution is -2.54. The van der Waals surface area contributed by atoms with Gasteiger partial charge in [-0.2, -0.15) is 12.6 Å². The van der Waals surface area contributed by atoms with Crippen molar-refractivity contribution in [2.75, 3.05) is 12.3 Å². The van der Waals surface area contributed by atoms with Crippen molar-refractivity contribution < 1.29 is 24.2 Å². The van der Waals surface area contributed by atoms with Crippen LogP contribution in [0.15, 0.2) is 24.3 Å². The number of nitrogens with zero attached hydrogens (tertiary/aromatic N) is 1. The number of thiol groups is 1. The summed E-state index contributed by atoms with van der Waals surface area (Å²) in [4.78, 5) is 40.7. The van der Waals surface area contributed by atoms with E-state index in [2.05, 4.69) is 30.2 Å². The number of unbranched alkanes of at least 4 members (excludes halogenated alkanes) is 2.